The van der Waals surface area contributed by atoms with E-state index in [9.17, 15) is 14.4 Å². The van der Waals surface area contributed by atoms with Crippen molar-refractivity contribution in [3.63, 3.8) is 0 Å². The molecule has 0 spiro atoms. The summed E-state index contributed by atoms with van der Waals surface area (Å²) in [7, 11) is 0. The van der Waals surface area contributed by atoms with Crippen LogP contribution in [0.25, 0.3) is 0 Å². The van der Waals surface area contributed by atoms with E-state index in [0.29, 0.717) is 19.3 Å². The van der Waals surface area contributed by atoms with Gasteiger partial charge in [0.15, 0.2) is 6.10 Å². The number of esters is 3. The summed E-state index contributed by atoms with van der Waals surface area (Å²) < 4.78 is 16.9. The summed E-state index contributed by atoms with van der Waals surface area (Å²) in [6.07, 6.45) is 93.9. The molecule has 0 aromatic heterocycles. The van der Waals surface area contributed by atoms with Gasteiger partial charge in [-0.3, -0.25) is 14.4 Å². The first-order chi connectivity index (χ1) is 40.0. The van der Waals surface area contributed by atoms with E-state index >= 15 is 0 Å². The molecule has 0 heterocycles. The number of rotatable bonds is 62. The molecule has 0 aromatic rings. The largest absolute Gasteiger partial charge is 0.462 e. The molecule has 0 radical (unpaired) electrons. The van der Waals surface area contributed by atoms with E-state index in [-0.39, 0.29) is 31.1 Å². The number of allylic oxidation sites excluding steroid dienone is 18. The van der Waals surface area contributed by atoms with Gasteiger partial charge in [0, 0.05) is 19.3 Å². The highest BCUT2D eigenvalue weighted by atomic mass is 16.6. The van der Waals surface area contributed by atoms with Crippen molar-refractivity contribution >= 4 is 17.9 Å². The molecule has 0 aliphatic carbocycles. The highest BCUT2D eigenvalue weighted by Crippen LogP contribution is 2.16. The molecule has 0 aliphatic rings. The van der Waals surface area contributed by atoms with E-state index in [1.807, 2.05) is 0 Å². The zero-order chi connectivity index (χ0) is 58.5. The number of carbonyl (C=O) groups is 3. The lowest BCUT2D eigenvalue weighted by Crippen LogP contribution is -2.30. The van der Waals surface area contributed by atoms with Crippen LogP contribution >= 0.6 is 0 Å². The molecule has 0 amide bonds. The van der Waals surface area contributed by atoms with Gasteiger partial charge in [-0.2, -0.15) is 0 Å². The molecule has 6 heteroatoms. The molecule has 0 aromatic carbocycles. The lowest BCUT2D eigenvalue weighted by atomic mass is 10.0. The first kappa shape index (κ1) is 77.1. The third kappa shape index (κ3) is 66.8. The quantitative estimate of drug-likeness (QED) is 0.0261. The molecule has 0 bridgehead atoms. The Hall–Kier alpha value is -3.93. The van der Waals surface area contributed by atoms with Crippen molar-refractivity contribution < 1.29 is 28.6 Å². The van der Waals surface area contributed by atoms with Crippen LogP contribution in [0.4, 0.5) is 0 Å². The Morgan fingerprint density at radius 1 is 0.259 bits per heavy atom. The normalized spacial score (nSPS) is 12.8. The Labute approximate surface area is 501 Å². The number of hydrogen-bond donors (Lipinski definition) is 0. The van der Waals surface area contributed by atoms with E-state index < -0.39 is 6.10 Å². The zero-order valence-electron chi connectivity index (χ0n) is 53.3. The van der Waals surface area contributed by atoms with Crippen LogP contribution in [-0.4, -0.2) is 37.2 Å². The maximum atomic E-state index is 12.9. The Kier molecular flexibility index (Phi) is 65.2. The predicted octanol–water partition coefficient (Wildman–Crippen LogP) is 23.8. The van der Waals surface area contributed by atoms with Crippen LogP contribution < -0.4 is 0 Å². The van der Waals surface area contributed by atoms with Crippen molar-refractivity contribution in [3.05, 3.63) is 109 Å². The molecule has 81 heavy (non-hydrogen) atoms. The van der Waals surface area contributed by atoms with Gasteiger partial charge in [-0.05, 0) is 128 Å². The predicted molar refractivity (Wildman–Crippen MR) is 353 cm³/mol. The van der Waals surface area contributed by atoms with Gasteiger partial charge in [0.1, 0.15) is 13.2 Å². The molecule has 464 valence electrons. The molecule has 0 rings (SSSR count). The van der Waals surface area contributed by atoms with Gasteiger partial charge in [0.05, 0.1) is 0 Å². The van der Waals surface area contributed by atoms with Crippen LogP contribution in [0.15, 0.2) is 109 Å². The second-order valence-corrected chi connectivity index (χ2v) is 22.7. The highest BCUT2D eigenvalue weighted by molar-refractivity contribution is 5.71. The minimum atomic E-state index is -0.788. The van der Waals surface area contributed by atoms with Crippen molar-refractivity contribution in [2.24, 2.45) is 0 Å². The Morgan fingerprint density at radius 3 is 0.765 bits per heavy atom. The summed E-state index contributed by atoms with van der Waals surface area (Å²) in [4.78, 5) is 38.4. The van der Waals surface area contributed by atoms with Crippen LogP contribution in [0.2, 0.25) is 0 Å². The lowest BCUT2D eigenvalue weighted by molar-refractivity contribution is -0.167. The summed E-state index contributed by atoms with van der Waals surface area (Å²) >= 11 is 0. The maximum Gasteiger partial charge on any atom is 0.306 e. The minimum absolute atomic E-state index is 0.0839. The SMILES string of the molecule is CC/C=C\C/C=C\C/C=C\C/C=C\C/C=C\C/C=C\C/C=C\CCCCCCCCCCCCCC(=O)OCC(COC(=O)CCCCCCC/C=C\CCCCCCCC)OC(=O)CCCCCCC/C=C\CCCCCCCC. The second kappa shape index (κ2) is 68.6. The van der Waals surface area contributed by atoms with E-state index in [1.54, 1.807) is 0 Å². The summed E-state index contributed by atoms with van der Waals surface area (Å²) in [5, 5.41) is 0. The van der Waals surface area contributed by atoms with Crippen molar-refractivity contribution in [1.29, 1.82) is 0 Å². The molecule has 0 saturated carbocycles. The standard InChI is InChI=1S/C75H128O6/c1-4-7-10-13-16-19-22-25-28-29-30-31-32-33-34-35-36-37-38-39-40-41-42-43-44-45-48-50-53-56-59-62-65-68-74(77)80-71-72(81-75(78)69-66-63-60-57-54-51-47-27-24-21-18-15-12-9-6-3)70-79-73(76)67-64-61-58-55-52-49-46-26-23-20-17-14-11-8-5-2/h7,10,16,19,25-28,30-31,33-34,36-37,39-40,46-47,72H,4-6,8-9,11-15,17-18,20-24,29,32,35,38,41-45,48-71H2,1-3H3/b10-7-,19-16-,28-25-,31-30-,34-33-,37-36-,40-39-,46-26-,47-27-. The number of ether oxygens (including phenoxy) is 3. The van der Waals surface area contributed by atoms with E-state index in [1.165, 1.54) is 167 Å². The van der Waals surface area contributed by atoms with Gasteiger partial charge >= 0.3 is 17.9 Å². The van der Waals surface area contributed by atoms with Gasteiger partial charge in [-0.1, -0.05) is 291 Å². The van der Waals surface area contributed by atoms with E-state index in [4.69, 9.17) is 14.2 Å². The van der Waals surface area contributed by atoms with Crippen molar-refractivity contribution in [2.75, 3.05) is 13.2 Å². The summed E-state index contributed by atoms with van der Waals surface area (Å²) in [5.41, 5.74) is 0. The molecule has 0 fully saturated rings. The van der Waals surface area contributed by atoms with Gasteiger partial charge in [-0.25, -0.2) is 0 Å². The van der Waals surface area contributed by atoms with Crippen LogP contribution in [0, 0.1) is 0 Å². The minimum Gasteiger partial charge on any atom is -0.462 e. The second-order valence-electron chi connectivity index (χ2n) is 22.7. The third-order valence-electron chi connectivity index (χ3n) is 14.7. The molecular formula is C75H128O6. The van der Waals surface area contributed by atoms with Gasteiger partial charge < -0.3 is 14.2 Å². The molecule has 0 N–H and O–H groups in total. The van der Waals surface area contributed by atoms with Crippen LogP contribution in [0.5, 0.6) is 0 Å². The van der Waals surface area contributed by atoms with Crippen LogP contribution in [0.3, 0.4) is 0 Å². The van der Waals surface area contributed by atoms with E-state index in [0.717, 1.165) is 122 Å². The average Bonchev–Trinajstić information content (AvgIpc) is 3.47. The topological polar surface area (TPSA) is 78.9 Å². The summed E-state index contributed by atoms with van der Waals surface area (Å²) in [5.74, 6) is -0.892. The molecule has 1 unspecified atom stereocenters. The Morgan fingerprint density at radius 2 is 0.481 bits per heavy atom. The highest BCUT2D eigenvalue weighted by Gasteiger charge is 2.19. The van der Waals surface area contributed by atoms with Gasteiger partial charge in [0.25, 0.3) is 0 Å². The molecule has 1 atom stereocenters. The fourth-order valence-corrected chi connectivity index (χ4v) is 9.59. The smallest absolute Gasteiger partial charge is 0.306 e. The molecule has 6 nitrogen and oxygen atoms in total. The first-order valence-corrected chi connectivity index (χ1v) is 34.4. The Bertz CT molecular complexity index is 1620. The maximum absolute atomic E-state index is 12.9. The van der Waals surface area contributed by atoms with Crippen molar-refractivity contribution in [2.45, 2.75) is 335 Å². The Balaban J connectivity index is 4.25. The van der Waals surface area contributed by atoms with Gasteiger partial charge in [-0.15, -0.1) is 0 Å². The third-order valence-corrected chi connectivity index (χ3v) is 14.7. The summed E-state index contributed by atoms with van der Waals surface area (Å²) in [6.45, 7) is 6.53. The first-order valence-electron chi connectivity index (χ1n) is 34.4. The van der Waals surface area contributed by atoms with E-state index in [2.05, 4.69) is 130 Å². The average molecular weight is 1130 g/mol. The number of carbonyl (C=O) groups excluding carboxylic acids is 3. The number of hydrogen-bond acceptors (Lipinski definition) is 6. The molecule has 0 aliphatic heterocycles. The van der Waals surface area contributed by atoms with Crippen molar-refractivity contribution in [1.82, 2.24) is 0 Å². The van der Waals surface area contributed by atoms with Crippen LogP contribution in [0.1, 0.15) is 329 Å². The van der Waals surface area contributed by atoms with Crippen molar-refractivity contribution in [3.8, 4) is 0 Å². The lowest BCUT2D eigenvalue weighted by Gasteiger charge is -2.18. The fourth-order valence-electron chi connectivity index (χ4n) is 9.59. The van der Waals surface area contributed by atoms with Gasteiger partial charge in [0.2, 0.25) is 0 Å². The fraction of sp³-hybridized carbons (Fsp3) is 0.720. The molecule has 0 saturated heterocycles. The van der Waals surface area contributed by atoms with Crippen LogP contribution in [-0.2, 0) is 28.6 Å². The number of unbranched alkanes of at least 4 members (excludes halogenated alkanes) is 33. The zero-order valence-corrected chi connectivity index (χ0v) is 53.3. The summed E-state index contributed by atoms with van der Waals surface area (Å²) in [6, 6.07) is 0. The molecular weight excluding hydrogens is 997 g/mol. The monoisotopic (exact) mass is 1120 g/mol.